The summed E-state index contributed by atoms with van der Waals surface area (Å²) in [6.45, 7) is 2.39. The number of carbonyl (C=O) groups is 1. The van der Waals surface area contributed by atoms with Crippen LogP contribution in [-0.4, -0.2) is 34.4 Å². The van der Waals surface area contributed by atoms with E-state index in [0.29, 0.717) is 17.7 Å². The predicted molar refractivity (Wildman–Crippen MR) is 93.4 cm³/mol. The third-order valence-corrected chi connectivity index (χ3v) is 3.77. The van der Waals surface area contributed by atoms with Gasteiger partial charge in [0.25, 0.3) is 5.91 Å². The molecule has 126 valence electrons. The fourth-order valence-corrected chi connectivity index (χ4v) is 2.59. The summed E-state index contributed by atoms with van der Waals surface area (Å²) in [5.41, 5.74) is 1.67. The molecule has 0 aromatic heterocycles. The van der Waals surface area contributed by atoms with Crippen LogP contribution in [0.5, 0.6) is 5.75 Å². The van der Waals surface area contributed by atoms with Crippen molar-refractivity contribution in [1.29, 1.82) is 0 Å². The normalized spacial score (nSPS) is 15.2. The van der Waals surface area contributed by atoms with Gasteiger partial charge in [-0.3, -0.25) is 14.9 Å². The molecule has 0 fully saturated rings. The molecule has 25 heavy (non-hydrogen) atoms. The largest absolute Gasteiger partial charge is 0.502 e. The number of amides is 1. The number of hydrogen-bond acceptors (Lipinski definition) is 6. The van der Waals surface area contributed by atoms with E-state index in [-0.39, 0.29) is 11.6 Å². The molecule has 1 N–H and O–H groups in total. The van der Waals surface area contributed by atoms with Crippen molar-refractivity contribution in [2.45, 2.75) is 6.92 Å². The monoisotopic (exact) mass is 338 g/mol. The molecule has 1 aliphatic heterocycles. The van der Waals surface area contributed by atoms with Gasteiger partial charge in [-0.1, -0.05) is 18.2 Å². The summed E-state index contributed by atoms with van der Waals surface area (Å²) in [7, 11) is 0. The van der Waals surface area contributed by atoms with Crippen LogP contribution < -0.4 is 4.90 Å². The second kappa shape index (κ2) is 6.52. The highest BCUT2D eigenvalue weighted by Gasteiger charge is 2.32. The number of benzene rings is 2. The number of phenolic OH excluding ortho intramolecular Hbond substituents is 1. The minimum absolute atomic E-state index is 0.224. The van der Waals surface area contributed by atoms with E-state index in [1.807, 2.05) is 25.1 Å². The summed E-state index contributed by atoms with van der Waals surface area (Å²) in [4.78, 5) is 24.2. The Morgan fingerprint density at radius 3 is 2.76 bits per heavy atom. The fraction of sp³-hybridized carbons (Fsp3) is 0.118. The lowest BCUT2D eigenvalue weighted by Crippen LogP contribution is -2.29. The Kier molecular flexibility index (Phi) is 4.25. The van der Waals surface area contributed by atoms with Crippen molar-refractivity contribution in [3.05, 3.63) is 63.7 Å². The zero-order valence-electron chi connectivity index (χ0n) is 13.3. The first-order valence-electron chi connectivity index (χ1n) is 7.52. The molecule has 1 amide bonds. The first-order valence-corrected chi connectivity index (χ1v) is 7.52. The molecule has 0 aliphatic carbocycles. The van der Waals surface area contributed by atoms with Gasteiger partial charge in [-0.15, -0.1) is 5.10 Å². The van der Waals surface area contributed by atoms with E-state index in [2.05, 4.69) is 10.2 Å². The second-order valence-corrected chi connectivity index (χ2v) is 5.26. The summed E-state index contributed by atoms with van der Waals surface area (Å²) >= 11 is 0. The molecule has 0 spiro atoms. The van der Waals surface area contributed by atoms with Crippen LogP contribution >= 0.6 is 0 Å². The molecule has 0 atom stereocenters. The number of fused-ring (bicyclic) bond motifs is 1. The maximum absolute atomic E-state index is 12.4. The number of likely N-dealkylation sites (N-methyl/N-ethyl adjacent to an activating group) is 1. The van der Waals surface area contributed by atoms with E-state index in [4.69, 9.17) is 0 Å². The smallest absolute Gasteiger partial charge is 0.311 e. The average Bonchev–Trinajstić information content (AvgIpc) is 2.87. The molecule has 1 heterocycles. The fourth-order valence-electron chi connectivity index (χ4n) is 2.59. The van der Waals surface area contributed by atoms with Crippen molar-refractivity contribution in [3.63, 3.8) is 0 Å². The Labute approximate surface area is 142 Å². The molecule has 8 nitrogen and oxygen atoms in total. The molecule has 0 unspecified atom stereocenters. The van der Waals surface area contributed by atoms with Crippen LogP contribution in [0.4, 0.5) is 11.4 Å². The van der Waals surface area contributed by atoms with Gasteiger partial charge in [0.05, 0.1) is 16.8 Å². The number of rotatable bonds is 4. The molecule has 0 saturated heterocycles. The lowest BCUT2D eigenvalue weighted by atomic mass is 10.1. The topological polar surface area (TPSA) is 108 Å². The van der Waals surface area contributed by atoms with E-state index >= 15 is 0 Å². The summed E-state index contributed by atoms with van der Waals surface area (Å²) in [5, 5.41) is 28.2. The number of phenols is 1. The van der Waals surface area contributed by atoms with E-state index in [1.165, 1.54) is 24.4 Å². The second-order valence-electron chi connectivity index (χ2n) is 5.26. The van der Waals surface area contributed by atoms with E-state index in [0.717, 1.165) is 5.69 Å². The van der Waals surface area contributed by atoms with E-state index < -0.39 is 16.4 Å². The number of aromatic hydroxyl groups is 1. The third kappa shape index (κ3) is 2.97. The molecular weight excluding hydrogens is 324 g/mol. The Balaban J connectivity index is 1.92. The highest BCUT2D eigenvalue weighted by atomic mass is 16.6. The number of carbonyl (C=O) groups excluding carboxylic acids is 1. The molecule has 3 rings (SSSR count). The van der Waals surface area contributed by atoms with Crippen molar-refractivity contribution in [2.24, 2.45) is 10.2 Å². The highest BCUT2D eigenvalue weighted by Crippen LogP contribution is 2.29. The number of nitro groups is 1. The zero-order chi connectivity index (χ0) is 18.0. The molecule has 0 bridgehead atoms. The van der Waals surface area contributed by atoms with Crippen LogP contribution in [0, 0.1) is 10.1 Å². The van der Waals surface area contributed by atoms with Crippen LogP contribution in [-0.2, 0) is 4.79 Å². The number of anilines is 1. The van der Waals surface area contributed by atoms with Crippen molar-refractivity contribution in [3.8, 4) is 5.75 Å². The molecule has 1 aliphatic rings. The van der Waals surface area contributed by atoms with Gasteiger partial charge < -0.3 is 10.0 Å². The van der Waals surface area contributed by atoms with Gasteiger partial charge >= 0.3 is 5.69 Å². The van der Waals surface area contributed by atoms with Gasteiger partial charge in [0.15, 0.2) is 11.5 Å². The molecular formula is C17H14N4O4. The van der Waals surface area contributed by atoms with Gasteiger partial charge in [-0.25, -0.2) is 0 Å². The highest BCUT2D eigenvalue weighted by molar-refractivity contribution is 6.54. The summed E-state index contributed by atoms with van der Waals surface area (Å²) < 4.78 is 0. The van der Waals surface area contributed by atoms with Crippen LogP contribution in [0.25, 0.3) is 0 Å². The Morgan fingerprint density at radius 1 is 1.28 bits per heavy atom. The lowest BCUT2D eigenvalue weighted by Gasteiger charge is -2.12. The Hall–Kier alpha value is -3.55. The third-order valence-electron chi connectivity index (χ3n) is 3.77. The Bertz CT molecular complexity index is 921. The first kappa shape index (κ1) is 16.3. The van der Waals surface area contributed by atoms with Crippen molar-refractivity contribution >= 4 is 29.2 Å². The maximum atomic E-state index is 12.4. The summed E-state index contributed by atoms with van der Waals surface area (Å²) in [5.74, 6) is -0.663. The number of hydrogen-bond donors (Lipinski definition) is 1. The van der Waals surface area contributed by atoms with Crippen LogP contribution in [0.2, 0.25) is 0 Å². The SMILES string of the molecule is CCN1C(=O)/C(=N/N=C/c2ccc(O)c([N+](=O)[O-])c2)c2ccccc21. The number of nitro benzene ring substituents is 1. The first-order chi connectivity index (χ1) is 12.0. The zero-order valence-corrected chi connectivity index (χ0v) is 13.3. The van der Waals surface area contributed by atoms with Crippen LogP contribution in [0.15, 0.2) is 52.7 Å². The Morgan fingerprint density at radius 2 is 2.04 bits per heavy atom. The van der Waals surface area contributed by atoms with Gasteiger partial charge in [0, 0.05) is 23.7 Å². The molecule has 2 aromatic rings. The van der Waals surface area contributed by atoms with Gasteiger partial charge in [0.2, 0.25) is 0 Å². The maximum Gasteiger partial charge on any atom is 0.311 e. The van der Waals surface area contributed by atoms with E-state index in [1.54, 1.807) is 11.0 Å². The summed E-state index contributed by atoms with van der Waals surface area (Å²) in [6.07, 6.45) is 1.30. The minimum Gasteiger partial charge on any atom is -0.502 e. The van der Waals surface area contributed by atoms with Gasteiger partial charge in [-0.05, 0) is 25.1 Å². The average molecular weight is 338 g/mol. The van der Waals surface area contributed by atoms with Gasteiger partial charge in [-0.2, -0.15) is 5.10 Å². The van der Waals surface area contributed by atoms with Crippen LogP contribution in [0.1, 0.15) is 18.1 Å². The lowest BCUT2D eigenvalue weighted by molar-refractivity contribution is -0.385. The summed E-state index contributed by atoms with van der Waals surface area (Å²) in [6, 6.07) is 11.2. The van der Waals surface area contributed by atoms with Gasteiger partial charge in [0.1, 0.15) is 0 Å². The minimum atomic E-state index is -0.686. The van der Waals surface area contributed by atoms with Crippen molar-refractivity contribution < 1.29 is 14.8 Å². The molecule has 2 aromatic carbocycles. The molecule has 0 radical (unpaired) electrons. The van der Waals surface area contributed by atoms with Crippen LogP contribution in [0.3, 0.4) is 0 Å². The molecule has 8 heteroatoms. The molecule has 0 saturated carbocycles. The van der Waals surface area contributed by atoms with Crippen molar-refractivity contribution in [2.75, 3.05) is 11.4 Å². The van der Waals surface area contributed by atoms with Crippen molar-refractivity contribution in [1.82, 2.24) is 0 Å². The van der Waals surface area contributed by atoms with E-state index in [9.17, 15) is 20.0 Å². The predicted octanol–water partition coefficient (Wildman–Crippen LogP) is 2.49. The quantitative estimate of drug-likeness (QED) is 0.525. The number of para-hydroxylation sites is 1. The number of nitrogens with zero attached hydrogens (tertiary/aromatic N) is 4. The standard InChI is InChI=1S/C17H14N4O4/c1-2-20-13-6-4-3-5-12(13)16(17(20)23)19-18-10-11-7-8-15(22)14(9-11)21(24)25/h3-10,22H,2H2,1H3/b18-10+,19-16+.